The highest BCUT2D eigenvalue weighted by Crippen LogP contribution is 2.54. The monoisotopic (exact) mass is 826 g/mol. The summed E-state index contributed by atoms with van der Waals surface area (Å²) in [5, 5.41) is 2.46. The number of pyridine rings is 1. The number of aryl methyl sites for hydroxylation is 7. The van der Waals surface area contributed by atoms with E-state index in [9.17, 15) is 0 Å². The molecule has 4 heterocycles. The summed E-state index contributed by atoms with van der Waals surface area (Å²) < 4.78 is 9.56. The Balaban J connectivity index is 1.17. The lowest BCUT2D eigenvalue weighted by Gasteiger charge is -2.48. The predicted octanol–water partition coefficient (Wildman–Crippen LogP) is 14.4. The first-order valence-corrected chi connectivity index (χ1v) is 22.4. The first-order valence-electron chi connectivity index (χ1n) is 22.4. The van der Waals surface area contributed by atoms with E-state index in [0.717, 1.165) is 50.9 Å². The van der Waals surface area contributed by atoms with Crippen molar-refractivity contribution >= 4 is 33.3 Å². The Bertz CT molecular complexity index is 3130. The van der Waals surface area contributed by atoms with Crippen molar-refractivity contribution in [2.45, 2.75) is 105 Å². The molecule has 8 aromatic rings. The zero-order valence-electron chi connectivity index (χ0n) is 38.9. The van der Waals surface area contributed by atoms with Gasteiger partial charge in [0.1, 0.15) is 23.2 Å². The van der Waals surface area contributed by atoms with Crippen LogP contribution >= 0.6 is 0 Å². The number of nitrogens with zero attached hydrogens (tertiary/aromatic N) is 4. The molecule has 0 spiro atoms. The molecule has 316 valence electrons. The van der Waals surface area contributed by atoms with E-state index in [2.05, 4.69) is 214 Å². The lowest BCUT2D eigenvalue weighted by Crippen LogP contribution is -2.57. The highest BCUT2D eigenvalue weighted by molar-refractivity contribution is 6.15. The van der Waals surface area contributed by atoms with E-state index in [-0.39, 0.29) is 11.3 Å². The Morgan fingerprint density at radius 3 is 1.81 bits per heavy atom. The molecule has 5 nitrogen and oxygen atoms in total. The minimum atomic E-state index is -0.594. The Labute approximate surface area is 373 Å². The minimum absolute atomic E-state index is 0.0232. The summed E-state index contributed by atoms with van der Waals surface area (Å²) >= 11 is 0. The van der Waals surface area contributed by atoms with Gasteiger partial charge >= 0.3 is 0 Å². The summed E-state index contributed by atoms with van der Waals surface area (Å²) in [7, 11) is 0. The molecule has 2 aromatic heterocycles. The second-order valence-electron chi connectivity index (χ2n) is 19.7. The fourth-order valence-corrected chi connectivity index (χ4v) is 11.3. The molecule has 0 bridgehead atoms. The largest absolute Gasteiger partial charge is 0.457 e. The molecule has 0 saturated heterocycles. The molecule has 0 unspecified atom stereocenters. The highest BCUT2D eigenvalue weighted by atomic mass is 16.5. The topological polar surface area (TPSA) is 42.6 Å². The third-order valence-electron chi connectivity index (χ3n) is 14.7. The van der Waals surface area contributed by atoms with E-state index in [4.69, 9.17) is 14.7 Å². The normalized spacial score (nSPS) is 17.4. The van der Waals surface area contributed by atoms with Gasteiger partial charge in [-0.15, -0.1) is 0 Å². The first-order chi connectivity index (χ1) is 30.0. The third kappa shape index (κ3) is 6.03. The Morgan fingerprint density at radius 1 is 0.556 bits per heavy atom. The molecule has 0 radical (unpaired) electrons. The quantitative estimate of drug-likeness (QED) is 0.161. The molecule has 0 aliphatic carbocycles. The summed E-state index contributed by atoms with van der Waals surface area (Å²) in [4.78, 5) is 13.6. The van der Waals surface area contributed by atoms with Gasteiger partial charge in [0.15, 0.2) is 0 Å². The van der Waals surface area contributed by atoms with Crippen molar-refractivity contribution in [1.82, 2.24) is 9.55 Å². The van der Waals surface area contributed by atoms with Crippen LogP contribution in [0.1, 0.15) is 107 Å². The standard InChI is InChI=1S/C58H58N4O/c1-34-26-39(6)52(40(7)27-34)62-54(60-58(12,57(62,10)11)51(41-20-15-13-16-21-41)42-22-17-14-18-23-42)43-32-49(37(4)30-36(43)3)63-50-33-48-44(31-38(50)5)45-28-35(2)29-47-53(45)61(48)55-46(56(47,8)9)24-19-25-59-55/h13-33,51H,1-12H3/t58-/m1/s1. The van der Waals surface area contributed by atoms with Crippen LogP contribution in [0.2, 0.25) is 0 Å². The van der Waals surface area contributed by atoms with Gasteiger partial charge in [-0.05, 0) is 138 Å². The lowest BCUT2D eigenvalue weighted by molar-refractivity contribution is 0.279. The van der Waals surface area contributed by atoms with E-state index in [0.29, 0.717) is 0 Å². The maximum absolute atomic E-state index is 7.19. The van der Waals surface area contributed by atoms with Gasteiger partial charge < -0.3 is 9.64 Å². The smallest absolute Gasteiger partial charge is 0.141 e. The van der Waals surface area contributed by atoms with Gasteiger partial charge in [0, 0.05) is 51.2 Å². The number of fused-ring (bicyclic) bond motifs is 5. The van der Waals surface area contributed by atoms with E-state index in [1.807, 2.05) is 6.20 Å². The molecule has 63 heavy (non-hydrogen) atoms. The van der Waals surface area contributed by atoms with Crippen molar-refractivity contribution in [2.75, 3.05) is 4.90 Å². The Hall–Kier alpha value is -6.46. The van der Waals surface area contributed by atoms with Gasteiger partial charge in [0.2, 0.25) is 0 Å². The van der Waals surface area contributed by atoms with Crippen molar-refractivity contribution in [1.29, 1.82) is 0 Å². The van der Waals surface area contributed by atoms with E-state index >= 15 is 0 Å². The number of hydrogen-bond acceptors (Lipinski definition) is 4. The first kappa shape index (κ1) is 40.6. The number of aliphatic imine (C=N–C) groups is 1. The van der Waals surface area contributed by atoms with Crippen LogP contribution < -0.4 is 9.64 Å². The number of hydrogen-bond donors (Lipinski definition) is 0. The lowest BCUT2D eigenvalue weighted by atomic mass is 9.67. The zero-order valence-corrected chi connectivity index (χ0v) is 38.9. The third-order valence-corrected chi connectivity index (χ3v) is 14.7. The van der Waals surface area contributed by atoms with Gasteiger partial charge in [0.05, 0.1) is 22.1 Å². The van der Waals surface area contributed by atoms with Crippen LogP contribution in [0.15, 0.2) is 133 Å². The molecular weight excluding hydrogens is 769 g/mol. The van der Waals surface area contributed by atoms with Crippen LogP contribution in [-0.2, 0) is 5.41 Å². The summed E-state index contributed by atoms with van der Waals surface area (Å²) in [5.74, 6) is 3.56. The fourth-order valence-electron chi connectivity index (χ4n) is 11.3. The van der Waals surface area contributed by atoms with Crippen molar-refractivity contribution in [3.05, 3.63) is 194 Å². The molecule has 6 aromatic carbocycles. The van der Waals surface area contributed by atoms with Crippen molar-refractivity contribution in [2.24, 2.45) is 4.99 Å². The SMILES string of the molecule is Cc1cc(C)c(N2C(c3cc(Oc4cc5c(cc4C)c4cc(C)cc6c4n5-c4ncccc4C6(C)C)c(C)cc3C)=N[C@](C)(C(c3ccccc3)c3ccccc3)C2(C)C)c(C)c1. The number of rotatable bonds is 7. The summed E-state index contributed by atoms with van der Waals surface area (Å²) in [5.41, 5.74) is 16.7. The van der Waals surface area contributed by atoms with E-state index < -0.39 is 11.1 Å². The molecule has 0 saturated carbocycles. The van der Waals surface area contributed by atoms with Crippen molar-refractivity contribution in [3.63, 3.8) is 0 Å². The zero-order chi connectivity index (χ0) is 44.3. The molecule has 0 N–H and O–H groups in total. The van der Waals surface area contributed by atoms with Gasteiger partial charge in [-0.25, -0.2) is 4.98 Å². The maximum atomic E-state index is 7.19. The van der Waals surface area contributed by atoms with E-state index in [1.54, 1.807) is 0 Å². The van der Waals surface area contributed by atoms with Crippen LogP contribution in [0.3, 0.4) is 0 Å². The molecule has 1 atom stereocenters. The average Bonchev–Trinajstić information content (AvgIpc) is 3.65. The highest BCUT2D eigenvalue weighted by Gasteiger charge is 2.58. The van der Waals surface area contributed by atoms with Crippen LogP contribution in [0, 0.1) is 48.5 Å². The summed E-state index contributed by atoms with van der Waals surface area (Å²) in [6.45, 7) is 27.2. The van der Waals surface area contributed by atoms with Crippen molar-refractivity contribution < 1.29 is 4.74 Å². The molecular formula is C58H58N4O. The van der Waals surface area contributed by atoms with Crippen LogP contribution in [-0.4, -0.2) is 26.5 Å². The summed E-state index contributed by atoms with van der Waals surface area (Å²) in [6, 6.07) is 44.6. The number of amidine groups is 1. The molecule has 10 rings (SSSR count). The second kappa shape index (κ2) is 14.3. The average molecular weight is 827 g/mol. The van der Waals surface area contributed by atoms with Crippen LogP contribution in [0.4, 0.5) is 5.69 Å². The fraction of sp³-hybridized carbons (Fsp3) is 0.276. The van der Waals surface area contributed by atoms with Gasteiger partial charge in [-0.2, -0.15) is 0 Å². The molecule has 2 aliphatic heterocycles. The Kier molecular flexibility index (Phi) is 9.21. The Morgan fingerprint density at radius 2 is 1.16 bits per heavy atom. The molecule has 2 aliphatic rings. The molecule has 5 heteroatoms. The van der Waals surface area contributed by atoms with E-state index in [1.165, 1.54) is 66.5 Å². The summed E-state index contributed by atoms with van der Waals surface area (Å²) in [6.07, 6.45) is 1.91. The second-order valence-corrected chi connectivity index (χ2v) is 19.7. The van der Waals surface area contributed by atoms with Gasteiger partial charge in [-0.1, -0.05) is 116 Å². The molecule has 0 fully saturated rings. The number of aromatic nitrogens is 2. The predicted molar refractivity (Wildman–Crippen MR) is 263 cm³/mol. The molecule has 0 amide bonds. The number of ether oxygens (including phenoxy) is 1. The number of anilines is 1. The minimum Gasteiger partial charge on any atom is -0.457 e. The van der Waals surface area contributed by atoms with Crippen LogP contribution in [0.25, 0.3) is 27.6 Å². The maximum Gasteiger partial charge on any atom is 0.141 e. The number of benzene rings is 6. The van der Waals surface area contributed by atoms with Gasteiger partial charge in [0.25, 0.3) is 0 Å². The van der Waals surface area contributed by atoms with Gasteiger partial charge in [-0.3, -0.25) is 9.56 Å². The van der Waals surface area contributed by atoms with Crippen LogP contribution in [0.5, 0.6) is 11.5 Å². The van der Waals surface area contributed by atoms with Crippen molar-refractivity contribution in [3.8, 4) is 17.3 Å².